The summed E-state index contributed by atoms with van der Waals surface area (Å²) in [6, 6.07) is 14.8. The van der Waals surface area contributed by atoms with Gasteiger partial charge in [0.05, 0.1) is 18.3 Å². The van der Waals surface area contributed by atoms with E-state index >= 15 is 0 Å². The molecule has 2 aromatic rings. The van der Waals surface area contributed by atoms with E-state index in [9.17, 15) is 5.11 Å². The van der Waals surface area contributed by atoms with Gasteiger partial charge < -0.3 is 15.2 Å². The van der Waals surface area contributed by atoms with E-state index in [0.717, 1.165) is 18.4 Å². The third-order valence-electron chi connectivity index (χ3n) is 4.46. The third-order valence-corrected chi connectivity index (χ3v) is 4.46. The van der Waals surface area contributed by atoms with Crippen molar-refractivity contribution in [1.29, 1.82) is 0 Å². The lowest BCUT2D eigenvalue weighted by molar-refractivity contribution is -0.0433. The Hall–Kier alpha value is -1.42. The molecule has 1 heterocycles. The van der Waals surface area contributed by atoms with Gasteiger partial charge in [0.25, 0.3) is 0 Å². The van der Waals surface area contributed by atoms with Gasteiger partial charge in [-0.15, -0.1) is 0 Å². The lowest BCUT2D eigenvalue weighted by atomic mass is 9.99. The van der Waals surface area contributed by atoms with Crippen molar-refractivity contribution in [1.82, 2.24) is 5.32 Å². The smallest absolute Gasteiger partial charge is 0.0914 e. The molecule has 1 saturated heterocycles. The quantitative estimate of drug-likeness (QED) is 0.909. The van der Waals surface area contributed by atoms with Crippen LogP contribution in [0.1, 0.15) is 38.4 Å². The Kier molecular flexibility index (Phi) is 4.77. The van der Waals surface area contributed by atoms with Crippen molar-refractivity contribution in [3.8, 4) is 0 Å². The number of rotatable bonds is 4. The molecule has 2 aromatic carbocycles. The molecular weight excluding hydrogens is 274 g/mol. The number of aliphatic hydroxyl groups excluding tert-OH is 1. The van der Waals surface area contributed by atoms with E-state index in [2.05, 4.69) is 43.4 Å². The zero-order valence-corrected chi connectivity index (χ0v) is 13.3. The van der Waals surface area contributed by atoms with Crippen molar-refractivity contribution < 1.29 is 9.84 Å². The second-order valence-corrected chi connectivity index (χ2v) is 6.46. The molecule has 3 heteroatoms. The molecule has 3 rings (SSSR count). The van der Waals surface area contributed by atoms with Gasteiger partial charge in [0, 0.05) is 12.6 Å². The zero-order valence-electron chi connectivity index (χ0n) is 13.3. The largest absolute Gasteiger partial charge is 0.387 e. The number of hydrogen-bond donors (Lipinski definition) is 2. The highest BCUT2D eigenvalue weighted by molar-refractivity contribution is 5.83. The first kappa shape index (κ1) is 15.5. The molecule has 1 aliphatic heterocycles. The molecule has 0 aliphatic carbocycles. The van der Waals surface area contributed by atoms with Crippen molar-refractivity contribution in [2.24, 2.45) is 0 Å². The van der Waals surface area contributed by atoms with E-state index in [1.807, 2.05) is 18.2 Å². The Morgan fingerprint density at radius 1 is 1.09 bits per heavy atom. The van der Waals surface area contributed by atoms with Gasteiger partial charge in [-0.1, -0.05) is 36.4 Å². The van der Waals surface area contributed by atoms with E-state index in [-0.39, 0.29) is 0 Å². The van der Waals surface area contributed by atoms with Crippen LogP contribution in [0.2, 0.25) is 0 Å². The molecule has 0 bridgehead atoms. The predicted molar refractivity (Wildman–Crippen MR) is 89.9 cm³/mol. The topological polar surface area (TPSA) is 41.5 Å². The summed E-state index contributed by atoms with van der Waals surface area (Å²) in [6.45, 7) is 4.82. The summed E-state index contributed by atoms with van der Waals surface area (Å²) in [4.78, 5) is 0. The second-order valence-electron chi connectivity index (χ2n) is 6.46. The average molecular weight is 299 g/mol. The van der Waals surface area contributed by atoms with Gasteiger partial charge >= 0.3 is 0 Å². The molecule has 1 fully saturated rings. The average Bonchev–Trinajstić information content (AvgIpc) is 2.51. The molecule has 0 saturated carbocycles. The van der Waals surface area contributed by atoms with Gasteiger partial charge in [0.1, 0.15) is 0 Å². The minimum Gasteiger partial charge on any atom is -0.387 e. The normalized spacial score (nSPS) is 27.0. The van der Waals surface area contributed by atoms with Crippen molar-refractivity contribution in [2.45, 2.75) is 51.0 Å². The van der Waals surface area contributed by atoms with Crippen LogP contribution in [0.4, 0.5) is 0 Å². The van der Waals surface area contributed by atoms with E-state index in [1.165, 1.54) is 10.8 Å². The molecule has 0 radical (unpaired) electrons. The number of hydrogen-bond acceptors (Lipinski definition) is 3. The molecule has 2 N–H and O–H groups in total. The Morgan fingerprint density at radius 3 is 2.50 bits per heavy atom. The van der Waals surface area contributed by atoms with Crippen LogP contribution >= 0.6 is 0 Å². The molecule has 118 valence electrons. The molecule has 0 aromatic heterocycles. The predicted octanol–water partition coefficient (Wildman–Crippen LogP) is 3.42. The Balaban J connectivity index is 1.62. The highest BCUT2D eigenvalue weighted by atomic mass is 16.5. The first-order valence-electron chi connectivity index (χ1n) is 8.17. The van der Waals surface area contributed by atoms with Crippen LogP contribution in [-0.2, 0) is 4.74 Å². The zero-order chi connectivity index (χ0) is 15.5. The first-order valence-corrected chi connectivity index (χ1v) is 8.17. The van der Waals surface area contributed by atoms with Crippen LogP contribution in [0, 0.1) is 0 Å². The van der Waals surface area contributed by atoms with E-state index in [4.69, 9.17) is 4.74 Å². The maximum atomic E-state index is 10.4. The van der Waals surface area contributed by atoms with Crippen molar-refractivity contribution in [2.75, 3.05) is 6.54 Å². The van der Waals surface area contributed by atoms with Crippen LogP contribution in [0.5, 0.6) is 0 Å². The fourth-order valence-electron chi connectivity index (χ4n) is 3.38. The maximum absolute atomic E-state index is 10.4. The van der Waals surface area contributed by atoms with Gasteiger partial charge in [0.15, 0.2) is 0 Å². The summed E-state index contributed by atoms with van der Waals surface area (Å²) in [7, 11) is 0. The van der Waals surface area contributed by atoms with Crippen molar-refractivity contribution >= 4 is 10.8 Å². The lowest BCUT2D eigenvalue weighted by Crippen LogP contribution is -2.42. The summed E-state index contributed by atoms with van der Waals surface area (Å²) in [5.74, 6) is 0. The highest BCUT2D eigenvalue weighted by Gasteiger charge is 2.24. The van der Waals surface area contributed by atoms with Gasteiger partial charge in [-0.05, 0) is 49.1 Å². The van der Waals surface area contributed by atoms with Gasteiger partial charge in [-0.3, -0.25) is 0 Å². The standard InChI is InChI=1S/C19H25NO2/c1-13-9-18(10-14(2)22-13)20-12-19(21)17-8-7-15-5-3-4-6-16(15)11-17/h3-8,11,13-14,18-21H,9-10,12H2,1-2H3. The Morgan fingerprint density at radius 2 is 1.77 bits per heavy atom. The summed E-state index contributed by atoms with van der Waals surface area (Å²) >= 11 is 0. The van der Waals surface area contributed by atoms with Gasteiger partial charge in [-0.2, -0.15) is 0 Å². The lowest BCUT2D eigenvalue weighted by Gasteiger charge is -2.33. The SMILES string of the molecule is CC1CC(NCC(O)c2ccc3ccccc3c2)CC(C)O1. The fraction of sp³-hybridized carbons (Fsp3) is 0.474. The number of fused-ring (bicyclic) bond motifs is 1. The number of nitrogens with one attached hydrogen (secondary N) is 1. The maximum Gasteiger partial charge on any atom is 0.0914 e. The summed E-state index contributed by atoms with van der Waals surface area (Å²) in [6.07, 6.45) is 2.13. The van der Waals surface area contributed by atoms with Crippen molar-refractivity contribution in [3.05, 3.63) is 48.0 Å². The molecule has 22 heavy (non-hydrogen) atoms. The van der Waals surface area contributed by atoms with Crippen LogP contribution in [0.3, 0.4) is 0 Å². The number of benzene rings is 2. The molecular formula is C19H25NO2. The van der Waals surface area contributed by atoms with Crippen LogP contribution in [0.25, 0.3) is 10.8 Å². The molecule has 3 nitrogen and oxygen atoms in total. The van der Waals surface area contributed by atoms with E-state index in [1.54, 1.807) is 0 Å². The first-order chi connectivity index (χ1) is 10.6. The van der Waals surface area contributed by atoms with E-state index < -0.39 is 6.10 Å². The molecule has 3 atom stereocenters. The van der Waals surface area contributed by atoms with Crippen LogP contribution in [-0.4, -0.2) is 29.9 Å². The Bertz CT molecular complexity index is 618. The number of ether oxygens (including phenoxy) is 1. The number of aliphatic hydroxyl groups is 1. The van der Waals surface area contributed by atoms with Crippen molar-refractivity contribution in [3.63, 3.8) is 0 Å². The highest BCUT2D eigenvalue weighted by Crippen LogP contribution is 2.22. The van der Waals surface area contributed by atoms with Gasteiger partial charge in [-0.25, -0.2) is 0 Å². The summed E-state index contributed by atoms with van der Waals surface area (Å²) in [5.41, 5.74) is 0.972. The molecule has 1 aliphatic rings. The Labute approximate surface area is 132 Å². The second kappa shape index (κ2) is 6.78. The van der Waals surface area contributed by atoms with Gasteiger partial charge in [0.2, 0.25) is 0 Å². The molecule has 3 unspecified atom stereocenters. The van der Waals surface area contributed by atoms with E-state index in [0.29, 0.717) is 24.8 Å². The summed E-state index contributed by atoms with van der Waals surface area (Å²) in [5, 5.41) is 16.3. The minimum absolute atomic E-state index is 0.291. The summed E-state index contributed by atoms with van der Waals surface area (Å²) < 4.78 is 5.75. The monoisotopic (exact) mass is 299 g/mol. The van der Waals surface area contributed by atoms with Crippen LogP contribution < -0.4 is 5.32 Å². The fourth-order valence-corrected chi connectivity index (χ4v) is 3.38. The minimum atomic E-state index is -0.474. The molecule has 0 amide bonds. The van der Waals surface area contributed by atoms with Crippen LogP contribution in [0.15, 0.2) is 42.5 Å². The third kappa shape index (κ3) is 3.67. The molecule has 0 spiro atoms.